The molecule has 0 bridgehead atoms. The molecule has 0 aromatic heterocycles. The smallest absolute Gasteiger partial charge is 0.203 e. The molecular formula is C16H27NO3. The second kappa shape index (κ2) is 8.69. The van der Waals surface area contributed by atoms with E-state index in [1.165, 1.54) is 0 Å². The van der Waals surface area contributed by atoms with Crippen LogP contribution in [0, 0.1) is 0 Å². The largest absolute Gasteiger partial charge is 0.493 e. The van der Waals surface area contributed by atoms with Crippen molar-refractivity contribution in [2.24, 2.45) is 5.73 Å². The first-order valence-corrected chi connectivity index (χ1v) is 7.29. The van der Waals surface area contributed by atoms with Gasteiger partial charge in [-0.05, 0) is 37.0 Å². The van der Waals surface area contributed by atoms with Gasteiger partial charge in [-0.1, -0.05) is 20.3 Å². The highest BCUT2D eigenvalue weighted by molar-refractivity contribution is 5.54. The van der Waals surface area contributed by atoms with Crippen LogP contribution in [0.2, 0.25) is 0 Å². The minimum atomic E-state index is 0.149. The fourth-order valence-electron chi connectivity index (χ4n) is 1.96. The van der Waals surface area contributed by atoms with Gasteiger partial charge in [0.25, 0.3) is 0 Å². The predicted octanol–water partition coefficient (Wildman–Crippen LogP) is 3.16. The molecule has 4 heteroatoms. The highest BCUT2D eigenvalue weighted by Gasteiger charge is 2.15. The Morgan fingerprint density at radius 2 is 1.70 bits per heavy atom. The number of hydrogen-bond acceptors (Lipinski definition) is 4. The van der Waals surface area contributed by atoms with Crippen LogP contribution >= 0.6 is 0 Å². The summed E-state index contributed by atoms with van der Waals surface area (Å²) in [4.78, 5) is 0. The summed E-state index contributed by atoms with van der Waals surface area (Å²) in [5.41, 5.74) is 7.12. The van der Waals surface area contributed by atoms with E-state index in [0.717, 1.165) is 31.2 Å². The van der Waals surface area contributed by atoms with Gasteiger partial charge in [0.15, 0.2) is 11.5 Å². The number of unbranched alkanes of at least 4 members (excludes halogenated alkanes) is 1. The number of nitrogens with two attached hydrogens (primary N) is 1. The van der Waals surface area contributed by atoms with Gasteiger partial charge in [-0.3, -0.25) is 0 Å². The predicted molar refractivity (Wildman–Crippen MR) is 81.9 cm³/mol. The number of methoxy groups -OCH3 is 2. The maximum absolute atomic E-state index is 6.01. The summed E-state index contributed by atoms with van der Waals surface area (Å²) in [6.07, 6.45) is 3.85. The molecule has 0 aliphatic rings. The van der Waals surface area contributed by atoms with Crippen molar-refractivity contribution in [3.05, 3.63) is 17.7 Å². The van der Waals surface area contributed by atoms with Gasteiger partial charge in [0, 0.05) is 6.04 Å². The molecule has 4 nitrogen and oxygen atoms in total. The molecule has 2 N–H and O–H groups in total. The molecule has 0 saturated heterocycles. The Hall–Kier alpha value is -1.42. The molecular weight excluding hydrogens is 254 g/mol. The van der Waals surface area contributed by atoms with Crippen LogP contribution < -0.4 is 19.9 Å². The molecule has 1 aromatic rings. The SMILES string of the molecule is CCCCOc1c(OC)cc(CC(N)CC)cc1OC. The lowest BCUT2D eigenvalue weighted by molar-refractivity contribution is 0.269. The molecule has 1 aromatic carbocycles. The van der Waals surface area contributed by atoms with Crippen molar-refractivity contribution in [3.63, 3.8) is 0 Å². The third-order valence-electron chi connectivity index (χ3n) is 3.29. The fourth-order valence-corrected chi connectivity index (χ4v) is 1.96. The van der Waals surface area contributed by atoms with Crippen LogP contribution in [0.3, 0.4) is 0 Å². The van der Waals surface area contributed by atoms with Gasteiger partial charge in [-0.15, -0.1) is 0 Å². The molecule has 0 heterocycles. The van der Waals surface area contributed by atoms with Crippen LogP contribution in [-0.2, 0) is 6.42 Å². The zero-order chi connectivity index (χ0) is 15.0. The highest BCUT2D eigenvalue weighted by Crippen LogP contribution is 2.39. The van der Waals surface area contributed by atoms with Gasteiger partial charge in [0.2, 0.25) is 5.75 Å². The molecule has 1 rings (SSSR count). The van der Waals surface area contributed by atoms with Crippen LogP contribution in [-0.4, -0.2) is 26.9 Å². The normalized spacial score (nSPS) is 12.1. The second-order valence-electron chi connectivity index (χ2n) is 4.90. The Labute approximate surface area is 122 Å². The lowest BCUT2D eigenvalue weighted by atomic mass is 10.0. The van der Waals surface area contributed by atoms with Crippen molar-refractivity contribution in [3.8, 4) is 17.2 Å². The van der Waals surface area contributed by atoms with Crippen molar-refractivity contribution in [2.75, 3.05) is 20.8 Å². The standard InChI is InChI=1S/C16H27NO3/c1-5-7-8-20-16-14(18-3)10-12(9-13(17)6-2)11-15(16)19-4/h10-11,13H,5-9,17H2,1-4H3. The molecule has 20 heavy (non-hydrogen) atoms. The van der Waals surface area contributed by atoms with Crippen molar-refractivity contribution in [1.29, 1.82) is 0 Å². The Morgan fingerprint density at radius 3 is 2.15 bits per heavy atom. The Bertz CT molecular complexity index is 382. The van der Waals surface area contributed by atoms with E-state index in [2.05, 4.69) is 13.8 Å². The molecule has 0 spiro atoms. The maximum atomic E-state index is 6.01. The van der Waals surface area contributed by atoms with Crippen LogP contribution in [0.4, 0.5) is 0 Å². The van der Waals surface area contributed by atoms with Gasteiger partial charge in [-0.25, -0.2) is 0 Å². The van der Waals surface area contributed by atoms with E-state index in [1.807, 2.05) is 12.1 Å². The molecule has 0 aliphatic heterocycles. The summed E-state index contributed by atoms with van der Waals surface area (Å²) in [6, 6.07) is 4.12. The van der Waals surface area contributed by atoms with E-state index in [9.17, 15) is 0 Å². The molecule has 0 saturated carbocycles. The zero-order valence-corrected chi connectivity index (χ0v) is 13.1. The number of benzene rings is 1. The van der Waals surface area contributed by atoms with Gasteiger partial charge in [0.05, 0.1) is 20.8 Å². The Morgan fingerprint density at radius 1 is 1.10 bits per heavy atom. The lowest BCUT2D eigenvalue weighted by Gasteiger charge is -2.17. The summed E-state index contributed by atoms with van der Waals surface area (Å²) in [6.45, 7) is 4.88. The molecule has 0 radical (unpaired) electrons. The van der Waals surface area contributed by atoms with Crippen molar-refractivity contribution >= 4 is 0 Å². The first-order valence-electron chi connectivity index (χ1n) is 7.29. The van der Waals surface area contributed by atoms with E-state index < -0.39 is 0 Å². The Balaban J connectivity index is 2.98. The number of rotatable bonds is 9. The minimum Gasteiger partial charge on any atom is -0.493 e. The summed E-state index contributed by atoms with van der Waals surface area (Å²) in [5.74, 6) is 2.09. The molecule has 0 amide bonds. The second-order valence-corrected chi connectivity index (χ2v) is 4.90. The van der Waals surface area contributed by atoms with E-state index in [-0.39, 0.29) is 6.04 Å². The Kier molecular flexibility index (Phi) is 7.23. The minimum absolute atomic E-state index is 0.149. The first-order chi connectivity index (χ1) is 9.65. The quantitative estimate of drug-likeness (QED) is 0.706. The topological polar surface area (TPSA) is 53.7 Å². The van der Waals surface area contributed by atoms with E-state index in [0.29, 0.717) is 23.9 Å². The molecule has 1 unspecified atom stereocenters. The monoisotopic (exact) mass is 281 g/mol. The van der Waals surface area contributed by atoms with Gasteiger partial charge in [0.1, 0.15) is 0 Å². The van der Waals surface area contributed by atoms with E-state index >= 15 is 0 Å². The summed E-state index contributed by atoms with van der Waals surface area (Å²) >= 11 is 0. The maximum Gasteiger partial charge on any atom is 0.203 e. The zero-order valence-electron chi connectivity index (χ0n) is 13.1. The average Bonchev–Trinajstić information content (AvgIpc) is 2.47. The van der Waals surface area contributed by atoms with Gasteiger partial charge >= 0.3 is 0 Å². The van der Waals surface area contributed by atoms with Gasteiger partial charge < -0.3 is 19.9 Å². The van der Waals surface area contributed by atoms with Crippen LogP contribution in [0.5, 0.6) is 17.2 Å². The molecule has 114 valence electrons. The molecule has 1 atom stereocenters. The average molecular weight is 281 g/mol. The summed E-state index contributed by atoms with van der Waals surface area (Å²) in [5, 5.41) is 0. The number of hydrogen-bond donors (Lipinski definition) is 1. The number of ether oxygens (including phenoxy) is 3. The third kappa shape index (κ3) is 4.60. The first kappa shape index (κ1) is 16.6. The van der Waals surface area contributed by atoms with E-state index in [1.54, 1.807) is 14.2 Å². The highest BCUT2D eigenvalue weighted by atomic mass is 16.5. The fraction of sp³-hybridized carbons (Fsp3) is 0.625. The lowest BCUT2D eigenvalue weighted by Crippen LogP contribution is -2.21. The van der Waals surface area contributed by atoms with Crippen LogP contribution in [0.1, 0.15) is 38.7 Å². The third-order valence-corrected chi connectivity index (χ3v) is 3.29. The van der Waals surface area contributed by atoms with Crippen molar-refractivity contribution in [2.45, 2.75) is 45.6 Å². The van der Waals surface area contributed by atoms with Crippen LogP contribution in [0.15, 0.2) is 12.1 Å². The van der Waals surface area contributed by atoms with E-state index in [4.69, 9.17) is 19.9 Å². The molecule has 0 fully saturated rings. The summed E-state index contributed by atoms with van der Waals surface area (Å²) < 4.78 is 16.7. The van der Waals surface area contributed by atoms with Gasteiger partial charge in [-0.2, -0.15) is 0 Å². The van der Waals surface area contributed by atoms with Crippen LogP contribution in [0.25, 0.3) is 0 Å². The van der Waals surface area contributed by atoms with Crippen molar-refractivity contribution in [1.82, 2.24) is 0 Å². The summed E-state index contributed by atoms with van der Waals surface area (Å²) in [7, 11) is 3.29. The molecule has 0 aliphatic carbocycles. The van der Waals surface area contributed by atoms with Crippen molar-refractivity contribution < 1.29 is 14.2 Å².